The number of nitrogens with zero attached hydrogens (tertiary/aromatic N) is 1. The van der Waals surface area contributed by atoms with E-state index in [1.807, 2.05) is 0 Å². The number of hydrogen-bond acceptors (Lipinski definition) is 2. The number of aryl methyl sites for hydroxylation is 1. The molecule has 0 bridgehead atoms. The summed E-state index contributed by atoms with van der Waals surface area (Å²) < 4.78 is 0. The van der Waals surface area contributed by atoms with Crippen LogP contribution in [0.25, 0.3) is 0 Å². The molecule has 2 heteroatoms. The molecule has 0 aliphatic heterocycles. The summed E-state index contributed by atoms with van der Waals surface area (Å²) in [6, 6.07) is 7.14. The number of benzene rings is 1. The lowest BCUT2D eigenvalue weighted by atomic mass is 10.1. The SMILES string of the molecule is CCC(CC)N(C)c1ccc(C)cc1CN. The van der Waals surface area contributed by atoms with E-state index in [-0.39, 0.29) is 0 Å². The summed E-state index contributed by atoms with van der Waals surface area (Å²) in [5, 5.41) is 0. The molecule has 0 aromatic heterocycles. The largest absolute Gasteiger partial charge is 0.371 e. The van der Waals surface area contributed by atoms with E-state index in [0.29, 0.717) is 12.6 Å². The molecule has 0 heterocycles. The van der Waals surface area contributed by atoms with Crippen LogP contribution in [0.5, 0.6) is 0 Å². The van der Waals surface area contributed by atoms with E-state index in [1.165, 1.54) is 29.7 Å². The molecule has 1 aromatic carbocycles. The Morgan fingerprint density at radius 1 is 1.25 bits per heavy atom. The normalized spacial score (nSPS) is 10.9. The van der Waals surface area contributed by atoms with Gasteiger partial charge in [-0.25, -0.2) is 0 Å². The zero-order chi connectivity index (χ0) is 12.1. The van der Waals surface area contributed by atoms with Gasteiger partial charge in [0.15, 0.2) is 0 Å². The first-order chi connectivity index (χ1) is 7.63. The standard InChI is InChI=1S/C14H24N2/c1-5-13(6-2)16(4)14-8-7-11(3)9-12(14)10-15/h7-9,13H,5-6,10,15H2,1-4H3. The highest BCUT2D eigenvalue weighted by molar-refractivity contribution is 5.55. The number of anilines is 1. The van der Waals surface area contributed by atoms with Crippen LogP contribution in [0.3, 0.4) is 0 Å². The smallest absolute Gasteiger partial charge is 0.0411 e. The highest BCUT2D eigenvalue weighted by Gasteiger charge is 2.13. The predicted molar refractivity (Wildman–Crippen MR) is 71.8 cm³/mol. The minimum absolute atomic E-state index is 0.605. The minimum Gasteiger partial charge on any atom is -0.371 e. The van der Waals surface area contributed by atoms with Gasteiger partial charge < -0.3 is 10.6 Å². The van der Waals surface area contributed by atoms with Crippen LogP contribution < -0.4 is 10.6 Å². The molecule has 2 nitrogen and oxygen atoms in total. The minimum atomic E-state index is 0.605. The van der Waals surface area contributed by atoms with Crippen molar-refractivity contribution in [3.05, 3.63) is 29.3 Å². The maximum Gasteiger partial charge on any atom is 0.0411 e. The maximum absolute atomic E-state index is 5.81. The molecule has 0 radical (unpaired) electrons. The molecule has 0 aliphatic carbocycles. The Kier molecular flexibility index (Phi) is 4.81. The first kappa shape index (κ1) is 13.0. The van der Waals surface area contributed by atoms with Crippen LogP contribution in [0.1, 0.15) is 37.8 Å². The van der Waals surface area contributed by atoms with Gasteiger partial charge in [-0.2, -0.15) is 0 Å². The molecule has 0 saturated carbocycles. The molecule has 0 unspecified atom stereocenters. The van der Waals surface area contributed by atoms with Gasteiger partial charge in [-0.05, 0) is 31.4 Å². The Labute approximate surface area is 99.5 Å². The molecule has 1 aromatic rings. The van der Waals surface area contributed by atoms with Gasteiger partial charge in [-0.1, -0.05) is 31.5 Å². The van der Waals surface area contributed by atoms with Gasteiger partial charge in [0.1, 0.15) is 0 Å². The van der Waals surface area contributed by atoms with Crippen LogP contribution in [0.2, 0.25) is 0 Å². The van der Waals surface area contributed by atoms with Gasteiger partial charge in [0, 0.05) is 25.3 Å². The Morgan fingerprint density at radius 3 is 2.38 bits per heavy atom. The van der Waals surface area contributed by atoms with Gasteiger partial charge in [-0.15, -0.1) is 0 Å². The summed E-state index contributed by atoms with van der Waals surface area (Å²) in [6.45, 7) is 7.20. The Bertz CT molecular complexity index is 330. The van der Waals surface area contributed by atoms with Crippen LogP contribution >= 0.6 is 0 Å². The topological polar surface area (TPSA) is 29.3 Å². The molecule has 1 rings (SSSR count). The lowest BCUT2D eigenvalue weighted by Gasteiger charge is -2.30. The van der Waals surface area contributed by atoms with E-state index in [2.05, 4.69) is 50.9 Å². The second kappa shape index (κ2) is 5.90. The molecule has 0 fully saturated rings. The fourth-order valence-corrected chi connectivity index (χ4v) is 2.25. The van der Waals surface area contributed by atoms with Crippen molar-refractivity contribution in [2.45, 2.75) is 46.2 Å². The van der Waals surface area contributed by atoms with E-state index in [4.69, 9.17) is 5.73 Å². The molecule has 16 heavy (non-hydrogen) atoms. The summed E-state index contributed by atoms with van der Waals surface area (Å²) in [5.74, 6) is 0. The number of nitrogens with two attached hydrogens (primary N) is 1. The van der Waals surface area contributed by atoms with Crippen molar-refractivity contribution < 1.29 is 0 Å². The summed E-state index contributed by atoms with van der Waals surface area (Å²) in [6.07, 6.45) is 2.34. The summed E-state index contributed by atoms with van der Waals surface area (Å²) in [4.78, 5) is 2.36. The zero-order valence-corrected chi connectivity index (χ0v) is 11.0. The van der Waals surface area contributed by atoms with Crippen molar-refractivity contribution in [1.29, 1.82) is 0 Å². The third-order valence-corrected chi connectivity index (χ3v) is 3.33. The van der Waals surface area contributed by atoms with Gasteiger partial charge in [0.2, 0.25) is 0 Å². The van der Waals surface area contributed by atoms with Crippen LogP contribution in [0, 0.1) is 6.92 Å². The number of hydrogen-bond donors (Lipinski definition) is 1. The molecule has 2 N–H and O–H groups in total. The molecule has 0 atom stereocenters. The Hall–Kier alpha value is -1.02. The van der Waals surface area contributed by atoms with Crippen molar-refractivity contribution in [1.82, 2.24) is 0 Å². The van der Waals surface area contributed by atoms with E-state index in [1.54, 1.807) is 0 Å². The van der Waals surface area contributed by atoms with Gasteiger partial charge in [-0.3, -0.25) is 0 Å². The molecule has 90 valence electrons. The van der Waals surface area contributed by atoms with Crippen LogP contribution in [0.15, 0.2) is 18.2 Å². The first-order valence-corrected chi connectivity index (χ1v) is 6.16. The summed E-state index contributed by atoms with van der Waals surface area (Å²) in [7, 11) is 2.17. The van der Waals surface area contributed by atoms with Crippen molar-refractivity contribution in [3.63, 3.8) is 0 Å². The lowest BCUT2D eigenvalue weighted by Crippen LogP contribution is -2.31. The average Bonchev–Trinajstić information content (AvgIpc) is 2.30. The van der Waals surface area contributed by atoms with Crippen molar-refractivity contribution in [3.8, 4) is 0 Å². The van der Waals surface area contributed by atoms with Crippen molar-refractivity contribution in [2.75, 3.05) is 11.9 Å². The molecule has 0 saturated heterocycles. The van der Waals surface area contributed by atoms with Crippen LogP contribution in [-0.2, 0) is 6.54 Å². The fraction of sp³-hybridized carbons (Fsp3) is 0.571. The highest BCUT2D eigenvalue weighted by atomic mass is 15.1. The quantitative estimate of drug-likeness (QED) is 0.826. The molecule has 0 aliphatic rings. The summed E-state index contributed by atoms with van der Waals surface area (Å²) in [5.41, 5.74) is 9.62. The predicted octanol–water partition coefficient (Wildman–Crippen LogP) is 3.08. The first-order valence-electron chi connectivity index (χ1n) is 6.16. The van der Waals surface area contributed by atoms with E-state index in [0.717, 1.165) is 0 Å². The third-order valence-electron chi connectivity index (χ3n) is 3.33. The van der Waals surface area contributed by atoms with Gasteiger partial charge in [0.25, 0.3) is 0 Å². The van der Waals surface area contributed by atoms with Crippen molar-refractivity contribution in [2.24, 2.45) is 5.73 Å². The van der Waals surface area contributed by atoms with Crippen LogP contribution in [-0.4, -0.2) is 13.1 Å². The van der Waals surface area contributed by atoms with E-state index in [9.17, 15) is 0 Å². The van der Waals surface area contributed by atoms with E-state index >= 15 is 0 Å². The Balaban J connectivity index is 3.02. The zero-order valence-electron chi connectivity index (χ0n) is 11.0. The second-order valence-corrected chi connectivity index (χ2v) is 4.42. The average molecular weight is 220 g/mol. The molecule has 0 spiro atoms. The Morgan fingerprint density at radius 2 is 1.88 bits per heavy atom. The summed E-state index contributed by atoms with van der Waals surface area (Å²) >= 11 is 0. The molecule has 0 amide bonds. The number of rotatable bonds is 5. The van der Waals surface area contributed by atoms with E-state index < -0.39 is 0 Å². The van der Waals surface area contributed by atoms with Crippen molar-refractivity contribution >= 4 is 5.69 Å². The van der Waals surface area contributed by atoms with Gasteiger partial charge in [0.05, 0.1) is 0 Å². The fourth-order valence-electron chi connectivity index (χ4n) is 2.25. The van der Waals surface area contributed by atoms with Gasteiger partial charge >= 0.3 is 0 Å². The lowest BCUT2D eigenvalue weighted by molar-refractivity contribution is 0.590. The maximum atomic E-state index is 5.81. The molecular formula is C14H24N2. The second-order valence-electron chi connectivity index (χ2n) is 4.42. The third kappa shape index (κ3) is 2.76. The van der Waals surface area contributed by atoms with Crippen LogP contribution in [0.4, 0.5) is 5.69 Å². The highest BCUT2D eigenvalue weighted by Crippen LogP contribution is 2.24. The molecular weight excluding hydrogens is 196 g/mol. The monoisotopic (exact) mass is 220 g/mol.